The minimum atomic E-state index is 0.499. The highest BCUT2D eigenvalue weighted by Gasteiger charge is 2.25. The Morgan fingerprint density at radius 1 is 1.29 bits per heavy atom. The van der Waals surface area contributed by atoms with Crippen molar-refractivity contribution in [1.29, 1.82) is 0 Å². The molecule has 1 aromatic carbocycles. The second-order valence-corrected chi connectivity index (χ2v) is 6.70. The molecule has 2 aromatic rings. The van der Waals surface area contributed by atoms with Crippen molar-refractivity contribution in [2.75, 3.05) is 7.11 Å². The second kappa shape index (κ2) is 6.06. The van der Waals surface area contributed by atoms with Gasteiger partial charge < -0.3 is 9.47 Å². The van der Waals surface area contributed by atoms with Gasteiger partial charge in [-0.1, -0.05) is 13.8 Å². The second-order valence-electron chi connectivity index (χ2n) is 5.72. The standard InChI is InChI=1S/C17H21NO2S/c1-11-4-5-13-8-16(20-10-17-18-6-7-21-17)15(19-3)9-14(13)12(11)2/h6-9,11-12H,4-5,10H2,1-3H3. The minimum Gasteiger partial charge on any atom is -0.493 e. The van der Waals surface area contributed by atoms with E-state index in [4.69, 9.17) is 9.47 Å². The van der Waals surface area contributed by atoms with Crippen molar-refractivity contribution in [3.05, 3.63) is 39.8 Å². The molecule has 0 amide bonds. The zero-order chi connectivity index (χ0) is 14.8. The first-order valence-electron chi connectivity index (χ1n) is 7.41. The average Bonchev–Trinajstić information content (AvgIpc) is 3.01. The maximum Gasteiger partial charge on any atom is 0.162 e. The van der Waals surface area contributed by atoms with E-state index >= 15 is 0 Å². The predicted octanol–water partition coefficient (Wildman–Crippen LogP) is 4.42. The minimum absolute atomic E-state index is 0.499. The lowest BCUT2D eigenvalue weighted by Gasteiger charge is -2.29. The van der Waals surface area contributed by atoms with Gasteiger partial charge in [-0.15, -0.1) is 11.3 Å². The molecular formula is C17H21NO2S. The van der Waals surface area contributed by atoms with Gasteiger partial charge in [0.25, 0.3) is 0 Å². The molecule has 0 saturated carbocycles. The van der Waals surface area contributed by atoms with Crippen molar-refractivity contribution in [2.24, 2.45) is 5.92 Å². The van der Waals surface area contributed by atoms with E-state index in [1.807, 2.05) is 5.38 Å². The van der Waals surface area contributed by atoms with Crippen molar-refractivity contribution in [1.82, 2.24) is 4.98 Å². The predicted molar refractivity (Wildman–Crippen MR) is 85.3 cm³/mol. The molecule has 1 heterocycles. The summed E-state index contributed by atoms with van der Waals surface area (Å²) in [4.78, 5) is 4.25. The molecule has 3 nitrogen and oxygen atoms in total. The SMILES string of the molecule is COc1cc2c(cc1OCc1nccs1)CCC(C)C2C. The number of aromatic nitrogens is 1. The Kier molecular flexibility index (Phi) is 4.15. The molecule has 0 bridgehead atoms. The van der Waals surface area contributed by atoms with Gasteiger partial charge in [-0.05, 0) is 47.9 Å². The van der Waals surface area contributed by atoms with Crippen LogP contribution >= 0.6 is 11.3 Å². The Bertz CT molecular complexity index is 610. The highest BCUT2D eigenvalue weighted by atomic mass is 32.1. The van der Waals surface area contributed by atoms with Crippen LogP contribution in [0.4, 0.5) is 0 Å². The molecule has 0 aliphatic heterocycles. The van der Waals surface area contributed by atoms with Crippen LogP contribution in [-0.2, 0) is 13.0 Å². The van der Waals surface area contributed by atoms with Crippen molar-refractivity contribution in [3.63, 3.8) is 0 Å². The van der Waals surface area contributed by atoms with E-state index in [9.17, 15) is 0 Å². The fourth-order valence-electron chi connectivity index (χ4n) is 2.93. The fourth-order valence-corrected chi connectivity index (χ4v) is 3.46. The number of fused-ring (bicyclic) bond motifs is 1. The maximum absolute atomic E-state index is 5.92. The molecule has 21 heavy (non-hydrogen) atoms. The topological polar surface area (TPSA) is 31.4 Å². The summed E-state index contributed by atoms with van der Waals surface area (Å²) in [5, 5.41) is 2.95. The van der Waals surface area contributed by atoms with E-state index in [1.54, 1.807) is 24.6 Å². The fraction of sp³-hybridized carbons (Fsp3) is 0.471. The summed E-state index contributed by atoms with van der Waals surface area (Å²) in [6, 6.07) is 4.32. The van der Waals surface area contributed by atoms with E-state index in [0.717, 1.165) is 28.8 Å². The Morgan fingerprint density at radius 3 is 2.86 bits per heavy atom. The zero-order valence-corrected chi connectivity index (χ0v) is 13.6. The molecule has 2 unspecified atom stereocenters. The third-order valence-corrected chi connectivity index (χ3v) is 5.23. The quantitative estimate of drug-likeness (QED) is 0.838. The van der Waals surface area contributed by atoms with Gasteiger partial charge in [0.2, 0.25) is 0 Å². The van der Waals surface area contributed by atoms with Gasteiger partial charge in [0, 0.05) is 11.6 Å². The summed E-state index contributed by atoms with van der Waals surface area (Å²) < 4.78 is 11.4. The zero-order valence-electron chi connectivity index (χ0n) is 12.8. The lowest BCUT2D eigenvalue weighted by atomic mass is 9.77. The molecule has 3 rings (SSSR count). The Balaban J connectivity index is 1.87. The van der Waals surface area contributed by atoms with Gasteiger partial charge in [0.05, 0.1) is 7.11 Å². The van der Waals surface area contributed by atoms with Crippen LogP contribution in [0.1, 0.15) is 42.3 Å². The number of aryl methyl sites for hydroxylation is 1. The highest BCUT2D eigenvalue weighted by Crippen LogP contribution is 2.41. The van der Waals surface area contributed by atoms with Crippen LogP contribution in [0.25, 0.3) is 0 Å². The largest absolute Gasteiger partial charge is 0.493 e. The first-order valence-corrected chi connectivity index (χ1v) is 8.29. The summed E-state index contributed by atoms with van der Waals surface area (Å²) in [5.74, 6) is 2.96. The molecule has 2 atom stereocenters. The van der Waals surface area contributed by atoms with Crippen LogP contribution in [0, 0.1) is 5.92 Å². The van der Waals surface area contributed by atoms with Crippen LogP contribution in [0.2, 0.25) is 0 Å². The maximum atomic E-state index is 5.92. The van der Waals surface area contributed by atoms with Crippen LogP contribution in [0.3, 0.4) is 0 Å². The molecule has 1 aliphatic rings. The summed E-state index contributed by atoms with van der Waals surface area (Å²) in [6.45, 7) is 5.13. The summed E-state index contributed by atoms with van der Waals surface area (Å²) in [5.41, 5.74) is 2.81. The highest BCUT2D eigenvalue weighted by molar-refractivity contribution is 7.09. The van der Waals surface area contributed by atoms with Gasteiger partial charge >= 0.3 is 0 Å². The van der Waals surface area contributed by atoms with Crippen molar-refractivity contribution in [2.45, 2.75) is 39.2 Å². The van der Waals surface area contributed by atoms with Crippen molar-refractivity contribution in [3.8, 4) is 11.5 Å². The molecule has 0 fully saturated rings. The Hall–Kier alpha value is -1.55. The number of hydrogen-bond donors (Lipinski definition) is 0. The molecule has 1 aromatic heterocycles. The number of benzene rings is 1. The van der Waals surface area contributed by atoms with E-state index in [0.29, 0.717) is 12.5 Å². The first kappa shape index (κ1) is 14.4. The number of methoxy groups -OCH3 is 1. The lowest BCUT2D eigenvalue weighted by molar-refractivity contribution is 0.282. The third-order valence-electron chi connectivity index (χ3n) is 4.47. The normalized spacial score (nSPS) is 20.9. The van der Waals surface area contributed by atoms with Gasteiger partial charge in [-0.25, -0.2) is 4.98 Å². The van der Waals surface area contributed by atoms with E-state index < -0.39 is 0 Å². The van der Waals surface area contributed by atoms with Crippen LogP contribution in [0.15, 0.2) is 23.7 Å². The van der Waals surface area contributed by atoms with Crippen molar-refractivity contribution < 1.29 is 9.47 Å². The number of nitrogens with zero attached hydrogens (tertiary/aromatic N) is 1. The van der Waals surface area contributed by atoms with Crippen LogP contribution in [-0.4, -0.2) is 12.1 Å². The molecule has 0 saturated heterocycles. The smallest absolute Gasteiger partial charge is 0.162 e. The summed E-state index contributed by atoms with van der Waals surface area (Å²) >= 11 is 1.61. The van der Waals surface area contributed by atoms with Gasteiger partial charge in [0.15, 0.2) is 11.5 Å². The molecule has 4 heteroatoms. The van der Waals surface area contributed by atoms with E-state index in [1.165, 1.54) is 17.5 Å². The molecule has 1 aliphatic carbocycles. The van der Waals surface area contributed by atoms with Crippen LogP contribution in [0.5, 0.6) is 11.5 Å². The number of thiazole rings is 1. The molecule has 0 N–H and O–H groups in total. The van der Waals surface area contributed by atoms with E-state index in [-0.39, 0.29) is 0 Å². The van der Waals surface area contributed by atoms with Gasteiger partial charge in [-0.2, -0.15) is 0 Å². The Morgan fingerprint density at radius 2 is 2.14 bits per heavy atom. The third kappa shape index (κ3) is 2.91. The molecule has 0 radical (unpaired) electrons. The number of hydrogen-bond acceptors (Lipinski definition) is 4. The lowest BCUT2D eigenvalue weighted by Crippen LogP contribution is -2.16. The van der Waals surface area contributed by atoms with Gasteiger partial charge in [0.1, 0.15) is 11.6 Å². The van der Waals surface area contributed by atoms with Crippen molar-refractivity contribution >= 4 is 11.3 Å². The van der Waals surface area contributed by atoms with Crippen LogP contribution < -0.4 is 9.47 Å². The summed E-state index contributed by atoms with van der Waals surface area (Å²) in [6.07, 6.45) is 4.17. The molecule has 0 spiro atoms. The van der Waals surface area contributed by atoms with Gasteiger partial charge in [-0.3, -0.25) is 0 Å². The summed E-state index contributed by atoms with van der Waals surface area (Å²) in [7, 11) is 1.70. The average molecular weight is 303 g/mol. The van der Waals surface area contributed by atoms with E-state index in [2.05, 4.69) is 31.0 Å². The first-order chi connectivity index (χ1) is 10.2. The number of ether oxygens (including phenoxy) is 2. The molecular weight excluding hydrogens is 282 g/mol. The Labute approximate surface area is 129 Å². The molecule has 112 valence electrons. The number of rotatable bonds is 4. The monoisotopic (exact) mass is 303 g/mol.